The number of halogens is 2. The fraction of sp³-hybridized carbons (Fsp3) is 0.318. The van der Waals surface area contributed by atoms with Crippen LogP contribution >= 0.6 is 0 Å². The molecule has 8 nitrogen and oxygen atoms in total. The Kier molecular flexibility index (Phi) is 5.79. The van der Waals surface area contributed by atoms with Crippen LogP contribution in [0.1, 0.15) is 21.6 Å². The summed E-state index contributed by atoms with van der Waals surface area (Å²) in [6, 6.07) is 3.55. The molecule has 168 valence electrons. The van der Waals surface area contributed by atoms with E-state index in [-0.39, 0.29) is 37.4 Å². The number of carbonyl (C=O) groups is 2. The summed E-state index contributed by atoms with van der Waals surface area (Å²) in [6.07, 6.45) is 0.124. The van der Waals surface area contributed by atoms with Crippen molar-refractivity contribution in [2.24, 2.45) is 0 Å². The Morgan fingerprint density at radius 2 is 2.00 bits per heavy atom. The molecule has 1 aromatic carbocycles. The van der Waals surface area contributed by atoms with E-state index < -0.39 is 35.3 Å². The third kappa shape index (κ3) is 4.01. The summed E-state index contributed by atoms with van der Waals surface area (Å²) in [7, 11) is 1.36. The second-order valence-electron chi connectivity index (χ2n) is 7.55. The van der Waals surface area contributed by atoms with Crippen LogP contribution in [0, 0.1) is 18.6 Å². The minimum atomic E-state index is -1.06. The molecule has 0 bridgehead atoms. The molecule has 32 heavy (non-hydrogen) atoms. The first-order chi connectivity index (χ1) is 15.3. The number of carboxylic acid groups (broad SMARTS) is 1. The number of pyridine rings is 1. The van der Waals surface area contributed by atoms with Crippen LogP contribution in [0.15, 0.2) is 28.8 Å². The van der Waals surface area contributed by atoms with Crippen molar-refractivity contribution in [3.63, 3.8) is 0 Å². The van der Waals surface area contributed by atoms with Gasteiger partial charge in [-0.15, -0.1) is 0 Å². The topological polar surface area (TPSA) is 105 Å². The third-order valence-corrected chi connectivity index (χ3v) is 5.41. The Balaban J connectivity index is 1.82. The van der Waals surface area contributed by atoms with Gasteiger partial charge < -0.3 is 24.5 Å². The molecule has 0 aliphatic carbocycles. The molecule has 3 heterocycles. The zero-order chi connectivity index (χ0) is 23.0. The highest BCUT2D eigenvalue weighted by Gasteiger charge is 2.29. The SMILES string of the molecule is CNC(=O)c1cc(F)c(-c2oc3cc(C)ncc3c2CC2CN(C(=O)O)CCO2)c(F)c1. The Morgan fingerprint density at radius 1 is 1.28 bits per heavy atom. The quantitative estimate of drug-likeness (QED) is 0.638. The van der Waals surface area contributed by atoms with Gasteiger partial charge >= 0.3 is 6.09 Å². The van der Waals surface area contributed by atoms with Gasteiger partial charge in [0.25, 0.3) is 5.91 Å². The maximum atomic E-state index is 15.0. The summed E-state index contributed by atoms with van der Waals surface area (Å²) >= 11 is 0. The minimum Gasteiger partial charge on any atom is -0.465 e. The van der Waals surface area contributed by atoms with Gasteiger partial charge in [0.05, 0.1) is 24.8 Å². The van der Waals surface area contributed by atoms with Gasteiger partial charge in [-0.25, -0.2) is 13.6 Å². The monoisotopic (exact) mass is 445 g/mol. The van der Waals surface area contributed by atoms with Crippen molar-refractivity contribution in [1.29, 1.82) is 0 Å². The van der Waals surface area contributed by atoms with Crippen LogP contribution in [-0.4, -0.2) is 59.8 Å². The smallest absolute Gasteiger partial charge is 0.407 e. The zero-order valence-electron chi connectivity index (χ0n) is 17.4. The lowest BCUT2D eigenvalue weighted by Gasteiger charge is -2.31. The summed E-state index contributed by atoms with van der Waals surface area (Å²) in [5.41, 5.74) is 0.936. The number of carbonyl (C=O) groups excluding carboxylic acids is 1. The van der Waals surface area contributed by atoms with Crippen LogP contribution in [0.2, 0.25) is 0 Å². The average Bonchev–Trinajstić information content (AvgIpc) is 3.09. The van der Waals surface area contributed by atoms with Gasteiger partial charge in [-0.2, -0.15) is 0 Å². The molecular formula is C22H21F2N3O5. The predicted molar refractivity (Wildman–Crippen MR) is 111 cm³/mol. The largest absolute Gasteiger partial charge is 0.465 e. The minimum absolute atomic E-state index is 0.0399. The molecule has 0 saturated carbocycles. The predicted octanol–water partition coefficient (Wildman–Crippen LogP) is 3.36. The standard InChI is InChI=1S/C22H21F2N3O5/c1-11-5-18-15(9-26-11)14(8-13-10-27(22(29)30)3-4-31-13)20(32-18)19-16(23)6-12(7-17(19)24)21(28)25-2/h5-7,9,13H,3-4,8,10H2,1-2H3,(H,25,28)(H,29,30). The summed E-state index contributed by atoms with van der Waals surface area (Å²) < 4.78 is 41.6. The fourth-order valence-corrected chi connectivity index (χ4v) is 3.85. The lowest BCUT2D eigenvalue weighted by atomic mass is 9.98. The van der Waals surface area contributed by atoms with Gasteiger partial charge in [-0.05, 0) is 19.1 Å². The number of benzene rings is 1. The number of aryl methyl sites for hydroxylation is 1. The molecule has 2 N–H and O–H groups in total. The molecule has 10 heteroatoms. The summed E-state index contributed by atoms with van der Waals surface area (Å²) in [5, 5.41) is 12.2. The summed E-state index contributed by atoms with van der Waals surface area (Å²) in [4.78, 5) is 28.7. The number of ether oxygens (including phenoxy) is 1. The number of hydrogen-bond acceptors (Lipinski definition) is 5. The second kappa shape index (κ2) is 8.54. The van der Waals surface area contributed by atoms with E-state index in [1.165, 1.54) is 11.9 Å². The molecule has 1 unspecified atom stereocenters. The van der Waals surface area contributed by atoms with Gasteiger partial charge in [0.15, 0.2) is 0 Å². The number of morpholine rings is 1. The van der Waals surface area contributed by atoms with Crippen LogP contribution in [0.4, 0.5) is 13.6 Å². The molecule has 2 amide bonds. The first-order valence-electron chi connectivity index (χ1n) is 9.97. The van der Waals surface area contributed by atoms with Crippen molar-refractivity contribution in [2.45, 2.75) is 19.4 Å². The van der Waals surface area contributed by atoms with E-state index in [2.05, 4.69) is 10.3 Å². The van der Waals surface area contributed by atoms with Crippen molar-refractivity contribution in [3.8, 4) is 11.3 Å². The van der Waals surface area contributed by atoms with E-state index >= 15 is 8.78 Å². The number of fused-ring (bicyclic) bond motifs is 1. The molecular weight excluding hydrogens is 424 g/mol. The number of hydrogen-bond donors (Lipinski definition) is 2. The molecule has 1 saturated heterocycles. The Hall–Kier alpha value is -3.53. The van der Waals surface area contributed by atoms with Gasteiger partial charge in [-0.1, -0.05) is 0 Å². The fourth-order valence-electron chi connectivity index (χ4n) is 3.85. The van der Waals surface area contributed by atoms with Crippen LogP contribution in [0.25, 0.3) is 22.3 Å². The van der Waals surface area contributed by atoms with Gasteiger partial charge in [0.2, 0.25) is 0 Å². The summed E-state index contributed by atoms with van der Waals surface area (Å²) in [6.45, 7) is 2.33. The van der Waals surface area contributed by atoms with E-state index in [0.29, 0.717) is 22.2 Å². The van der Waals surface area contributed by atoms with Crippen molar-refractivity contribution in [3.05, 3.63) is 52.9 Å². The molecule has 2 aromatic heterocycles. The average molecular weight is 445 g/mol. The number of amides is 2. The molecule has 1 fully saturated rings. The normalized spacial score (nSPS) is 16.4. The van der Waals surface area contributed by atoms with Crippen LogP contribution in [0.5, 0.6) is 0 Å². The van der Waals surface area contributed by atoms with E-state index in [9.17, 15) is 14.7 Å². The number of aromatic nitrogens is 1. The zero-order valence-corrected chi connectivity index (χ0v) is 17.4. The van der Waals surface area contributed by atoms with Crippen molar-refractivity contribution < 1.29 is 32.6 Å². The van der Waals surface area contributed by atoms with Crippen molar-refractivity contribution in [1.82, 2.24) is 15.2 Å². The maximum Gasteiger partial charge on any atom is 0.407 e. The second-order valence-corrected chi connectivity index (χ2v) is 7.55. The lowest BCUT2D eigenvalue weighted by molar-refractivity contribution is -0.0209. The lowest BCUT2D eigenvalue weighted by Crippen LogP contribution is -2.45. The maximum absolute atomic E-state index is 15.0. The first kappa shape index (κ1) is 21.7. The van der Waals surface area contributed by atoms with Crippen LogP contribution < -0.4 is 5.32 Å². The highest BCUT2D eigenvalue weighted by Crippen LogP contribution is 2.38. The first-order valence-corrected chi connectivity index (χ1v) is 9.97. The van der Waals surface area contributed by atoms with E-state index in [1.54, 1.807) is 19.2 Å². The van der Waals surface area contributed by atoms with E-state index in [1.807, 2.05) is 0 Å². The number of nitrogens with zero attached hydrogens (tertiary/aromatic N) is 2. The van der Waals surface area contributed by atoms with Crippen LogP contribution in [0.3, 0.4) is 0 Å². The third-order valence-electron chi connectivity index (χ3n) is 5.41. The van der Waals surface area contributed by atoms with Gasteiger partial charge in [-0.3, -0.25) is 9.78 Å². The molecule has 0 radical (unpaired) electrons. The summed E-state index contributed by atoms with van der Waals surface area (Å²) in [5.74, 6) is -2.57. The number of nitrogens with one attached hydrogen (secondary N) is 1. The molecule has 1 aliphatic heterocycles. The molecule has 3 aromatic rings. The Bertz CT molecular complexity index is 1190. The van der Waals surface area contributed by atoms with Gasteiger partial charge in [0, 0.05) is 54.5 Å². The Morgan fingerprint density at radius 3 is 2.66 bits per heavy atom. The van der Waals surface area contributed by atoms with Gasteiger partial charge in [0.1, 0.15) is 23.0 Å². The molecule has 1 aliphatic rings. The van der Waals surface area contributed by atoms with Crippen molar-refractivity contribution in [2.75, 3.05) is 26.7 Å². The number of furan rings is 1. The number of rotatable bonds is 4. The van der Waals surface area contributed by atoms with E-state index in [4.69, 9.17) is 9.15 Å². The molecule has 4 rings (SSSR count). The van der Waals surface area contributed by atoms with Crippen molar-refractivity contribution >= 4 is 23.0 Å². The molecule has 0 spiro atoms. The molecule has 1 atom stereocenters. The highest BCUT2D eigenvalue weighted by atomic mass is 19.1. The Labute approximate surface area is 181 Å². The van der Waals surface area contributed by atoms with E-state index in [0.717, 1.165) is 12.1 Å². The van der Waals surface area contributed by atoms with Crippen LogP contribution in [-0.2, 0) is 11.2 Å². The highest BCUT2D eigenvalue weighted by molar-refractivity contribution is 5.95.